The first-order chi connectivity index (χ1) is 18.8. The highest BCUT2D eigenvalue weighted by molar-refractivity contribution is 5.55. The van der Waals surface area contributed by atoms with E-state index in [1.807, 2.05) is 17.0 Å². The van der Waals surface area contributed by atoms with Crippen molar-refractivity contribution in [2.75, 3.05) is 64.9 Å². The topological polar surface area (TPSA) is 28.2 Å². The van der Waals surface area contributed by atoms with E-state index in [-0.39, 0.29) is 5.69 Å². The molecule has 5 rings (SSSR count). The van der Waals surface area contributed by atoms with Crippen LogP contribution in [0.25, 0.3) is 0 Å². The smallest absolute Gasteiger partial charge is 0.418 e. The van der Waals surface area contributed by atoms with Crippen LogP contribution < -0.4 is 14.4 Å². The molecular formula is C31H36F3N3O2. The molecule has 0 aliphatic carbocycles. The van der Waals surface area contributed by atoms with Gasteiger partial charge in [0.05, 0.1) is 19.3 Å². The van der Waals surface area contributed by atoms with Gasteiger partial charge >= 0.3 is 6.18 Å². The van der Waals surface area contributed by atoms with E-state index in [0.29, 0.717) is 25.6 Å². The van der Waals surface area contributed by atoms with Gasteiger partial charge in [-0.3, -0.25) is 4.90 Å². The standard InChI is InChI=1S/C31H36F3N3O2/c1-35-21-24-20-26(12-13-27(24)28(22-35)23-8-10-25(38-2)11-9-23)39-19-5-14-36-15-17-37(18-16-36)30-7-4-3-6-29(30)31(32,33)34/h3-4,6-13,20,28H,5,14-19,21-22H2,1-2H3. The van der Waals surface area contributed by atoms with Crippen LogP contribution in [-0.4, -0.2) is 69.8 Å². The summed E-state index contributed by atoms with van der Waals surface area (Å²) in [4.78, 5) is 6.49. The molecule has 0 aromatic heterocycles. The number of fused-ring (bicyclic) bond motifs is 1. The lowest BCUT2D eigenvalue weighted by Crippen LogP contribution is -2.47. The molecule has 2 aliphatic rings. The fourth-order valence-corrected chi connectivity index (χ4v) is 5.71. The van der Waals surface area contributed by atoms with Crippen LogP contribution in [0.4, 0.5) is 18.9 Å². The van der Waals surface area contributed by atoms with E-state index < -0.39 is 11.7 Å². The zero-order valence-electron chi connectivity index (χ0n) is 22.6. The van der Waals surface area contributed by atoms with E-state index in [2.05, 4.69) is 47.2 Å². The van der Waals surface area contributed by atoms with Gasteiger partial charge in [0.15, 0.2) is 0 Å². The number of alkyl halides is 3. The van der Waals surface area contributed by atoms with Crippen LogP contribution in [0.2, 0.25) is 0 Å². The number of nitrogens with zero attached hydrogens (tertiary/aromatic N) is 3. The zero-order chi connectivity index (χ0) is 27.4. The Morgan fingerprint density at radius 2 is 1.62 bits per heavy atom. The predicted molar refractivity (Wildman–Crippen MR) is 148 cm³/mol. The number of rotatable bonds is 8. The Morgan fingerprint density at radius 1 is 0.897 bits per heavy atom. The molecule has 39 heavy (non-hydrogen) atoms. The van der Waals surface area contributed by atoms with E-state index in [0.717, 1.165) is 56.7 Å². The third-order valence-corrected chi connectivity index (χ3v) is 7.75. The van der Waals surface area contributed by atoms with Gasteiger partial charge in [-0.15, -0.1) is 0 Å². The van der Waals surface area contributed by atoms with Crippen molar-refractivity contribution >= 4 is 5.69 Å². The van der Waals surface area contributed by atoms with Crippen LogP contribution in [0.15, 0.2) is 66.7 Å². The van der Waals surface area contributed by atoms with Crippen LogP contribution in [0.3, 0.4) is 0 Å². The lowest BCUT2D eigenvalue weighted by molar-refractivity contribution is -0.137. The number of halogens is 3. The molecule has 0 saturated carbocycles. The Balaban J connectivity index is 1.12. The Kier molecular flexibility index (Phi) is 8.33. The zero-order valence-corrected chi connectivity index (χ0v) is 22.6. The third kappa shape index (κ3) is 6.50. The number of anilines is 1. The number of methoxy groups -OCH3 is 1. The molecular weight excluding hydrogens is 503 g/mol. The molecule has 0 N–H and O–H groups in total. The molecule has 0 bridgehead atoms. The molecule has 3 aromatic rings. The Morgan fingerprint density at radius 3 is 2.33 bits per heavy atom. The molecule has 0 spiro atoms. The van der Waals surface area contributed by atoms with E-state index in [4.69, 9.17) is 9.47 Å². The summed E-state index contributed by atoms with van der Waals surface area (Å²) >= 11 is 0. The summed E-state index contributed by atoms with van der Waals surface area (Å²) in [5.74, 6) is 2.05. The fourth-order valence-electron chi connectivity index (χ4n) is 5.71. The maximum Gasteiger partial charge on any atom is 0.418 e. The van der Waals surface area contributed by atoms with Crippen LogP contribution in [0.5, 0.6) is 11.5 Å². The van der Waals surface area contributed by atoms with Crippen molar-refractivity contribution in [2.45, 2.75) is 25.1 Å². The number of piperazine rings is 1. The number of para-hydroxylation sites is 1. The summed E-state index contributed by atoms with van der Waals surface area (Å²) in [6, 6.07) is 20.6. The molecule has 1 unspecified atom stereocenters. The molecule has 2 aliphatic heterocycles. The van der Waals surface area contributed by atoms with E-state index in [1.54, 1.807) is 19.2 Å². The molecule has 5 nitrogen and oxygen atoms in total. The average Bonchev–Trinajstić information content (AvgIpc) is 2.94. The number of hydrogen-bond donors (Lipinski definition) is 0. The molecule has 8 heteroatoms. The summed E-state index contributed by atoms with van der Waals surface area (Å²) in [6.07, 6.45) is -3.47. The minimum absolute atomic E-state index is 0.278. The maximum atomic E-state index is 13.4. The summed E-state index contributed by atoms with van der Waals surface area (Å²) in [7, 11) is 3.83. The lowest BCUT2D eigenvalue weighted by atomic mass is 9.84. The van der Waals surface area contributed by atoms with Gasteiger partial charge in [-0.25, -0.2) is 0 Å². The lowest BCUT2D eigenvalue weighted by Gasteiger charge is -2.37. The van der Waals surface area contributed by atoms with Gasteiger partial charge in [0.1, 0.15) is 11.5 Å². The molecule has 1 fully saturated rings. The van der Waals surface area contributed by atoms with Crippen LogP contribution in [0, 0.1) is 0 Å². The Labute approximate surface area is 228 Å². The van der Waals surface area contributed by atoms with Crippen molar-refractivity contribution in [1.29, 1.82) is 0 Å². The van der Waals surface area contributed by atoms with Crippen molar-refractivity contribution in [3.8, 4) is 11.5 Å². The first-order valence-electron chi connectivity index (χ1n) is 13.5. The second kappa shape index (κ2) is 11.9. The minimum Gasteiger partial charge on any atom is -0.497 e. The number of benzene rings is 3. The molecule has 0 amide bonds. The van der Waals surface area contributed by atoms with Gasteiger partial charge in [0.25, 0.3) is 0 Å². The molecule has 3 aromatic carbocycles. The van der Waals surface area contributed by atoms with Gasteiger partial charge in [0, 0.05) is 57.4 Å². The van der Waals surface area contributed by atoms with Gasteiger partial charge in [-0.05, 0) is 66.6 Å². The second-order valence-corrected chi connectivity index (χ2v) is 10.4. The van der Waals surface area contributed by atoms with E-state index >= 15 is 0 Å². The molecule has 2 heterocycles. The summed E-state index contributed by atoms with van der Waals surface area (Å²) < 4.78 is 51.6. The monoisotopic (exact) mass is 539 g/mol. The third-order valence-electron chi connectivity index (χ3n) is 7.75. The fraction of sp³-hybridized carbons (Fsp3) is 0.419. The molecule has 208 valence electrons. The van der Waals surface area contributed by atoms with Crippen LogP contribution >= 0.6 is 0 Å². The van der Waals surface area contributed by atoms with Crippen molar-refractivity contribution in [2.24, 2.45) is 0 Å². The highest BCUT2D eigenvalue weighted by atomic mass is 19.4. The molecule has 0 radical (unpaired) electrons. The maximum absolute atomic E-state index is 13.4. The van der Waals surface area contributed by atoms with Crippen LogP contribution in [-0.2, 0) is 12.7 Å². The van der Waals surface area contributed by atoms with Gasteiger partial charge in [-0.1, -0.05) is 30.3 Å². The highest BCUT2D eigenvalue weighted by Gasteiger charge is 2.35. The first kappa shape index (κ1) is 27.3. The van der Waals surface area contributed by atoms with E-state index in [9.17, 15) is 13.2 Å². The van der Waals surface area contributed by atoms with Crippen molar-refractivity contribution < 1.29 is 22.6 Å². The SMILES string of the molecule is COc1ccc(C2CN(C)Cc3cc(OCCCN4CCN(c5ccccc5C(F)(F)F)CC4)ccc32)cc1. The Bertz CT molecular complexity index is 1240. The van der Waals surface area contributed by atoms with Crippen molar-refractivity contribution in [3.63, 3.8) is 0 Å². The number of likely N-dealkylation sites (N-methyl/N-ethyl adjacent to an activating group) is 1. The van der Waals surface area contributed by atoms with Crippen LogP contribution in [0.1, 0.15) is 34.6 Å². The molecule has 1 atom stereocenters. The quantitative estimate of drug-likeness (QED) is 0.333. The predicted octanol–water partition coefficient (Wildman–Crippen LogP) is 5.88. The summed E-state index contributed by atoms with van der Waals surface area (Å²) in [6.45, 7) is 5.97. The van der Waals surface area contributed by atoms with Crippen molar-refractivity contribution in [1.82, 2.24) is 9.80 Å². The van der Waals surface area contributed by atoms with E-state index in [1.165, 1.54) is 22.8 Å². The largest absolute Gasteiger partial charge is 0.497 e. The summed E-state index contributed by atoms with van der Waals surface area (Å²) in [5, 5.41) is 0. The van der Waals surface area contributed by atoms with Gasteiger partial charge < -0.3 is 19.3 Å². The van der Waals surface area contributed by atoms with Crippen molar-refractivity contribution in [3.05, 3.63) is 89.0 Å². The highest BCUT2D eigenvalue weighted by Crippen LogP contribution is 2.37. The average molecular weight is 540 g/mol. The number of hydrogen-bond acceptors (Lipinski definition) is 5. The van der Waals surface area contributed by atoms with Gasteiger partial charge in [-0.2, -0.15) is 13.2 Å². The first-order valence-corrected chi connectivity index (χ1v) is 13.5. The Hall–Kier alpha value is -3.23. The van der Waals surface area contributed by atoms with Gasteiger partial charge in [0.2, 0.25) is 0 Å². The second-order valence-electron chi connectivity index (χ2n) is 10.4. The normalized spacial score (nSPS) is 18.6. The summed E-state index contributed by atoms with van der Waals surface area (Å²) in [5.41, 5.74) is 3.63. The minimum atomic E-state index is -4.34. The number of ether oxygens (including phenoxy) is 2. The molecule has 1 saturated heterocycles.